The lowest BCUT2D eigenvalue weighted by atomic mass is 9.94. The molecule has 1 aliphatic heterocycles. The minimum atomic E-state index is -0.761. The van der Waals surface area contributed by atoms with Crippen molar-refractivity contribution < 1.29 is 28.9 Å². The van der Waals surface area contributed by atoms with Gasteiger partial charge in [-0.25, -0.2) is 0 Å². The molecule has 0 bridgehead atoms. The van der Waals surface area contributed by atoms with Gasteiger partial charge < -0.3 is 29.1 Å². The molecule has 1 atom stereocenters. The second-order valence-corrected chi connectivity index (χ2v) is 9.09. The fourth-order valence-corrected chi connectivity index (χ4v) is 4.36. The standard InChI is InChI=1S/C28H36N2O6/c1-7-15-36-21-11-10-20(16-18(21)2)26(31)24-25(19-9-12-22(34-5)23(17-19)35-6)30(28(33)27(24)32)14-8-13-29(3)4/h9-12,16-17,25,31H,7-8,13-15H2,1-6H3/t25-/m1/s1. The van der Waals surface area contributed by atoms with Gasteiger partial charge in [0.25, 0.3) is 11.7 Å². The van der Waals surface area contributed by atoms with Crippen LogP contribution in [0.2, 0.25) is 0 Å². The normalized spacial score (nSPS) is 17.1. The lowest BCUT2D eigenvalue weighted by molar-refractivity contribution is -0.139. The Balaban J connectivity index is 2.12. The number of Topliss-reactive ketones (excluding diaryl/α,β-unsaturated/α-hetero) is 1. The molecule has 2 aromatic rings. The van der Waals surface area contributed by atoms with Gasteiger partial charge in [0.15, 0.2) is 11.5 Å². The van der Waals surface area contributed by atoms with Crippen molar-refractivity contribution in [3.8, 4) is 17.2 Å². The zero-order valence-corrected chi connectivity index (χ0v) is 22.0. The molecule has 1 amide bonds. The summed E-state index contributed by atoms with van der Waals surface area (Å²) in [6, 6.07) is 9.76. The Bertz CT molecular complexity index is 1140. The van der Waals surface area contributed by atoms with Crippen LogP contribution in [0.1, 0.15) is 42.5 Å². The molecule has 1 saturated heterocycles. The molecular formula is C28H36N2O6. The average Bonchev–Trinajstić information content (AvgIpc) is 3.11. The van der Waals surface area contributed by atoms with Gasteiger partial charge in [0.05, 0.1) is 32.4 Å². The second kappa shape index (κ2) is 11.9. The van der Waals surface area contributed by atoms with E-state index in [-0.39, 0.29) is 11.3 Å². The number of hydrogen-bond acceptors (Lipinski definition) is 7. The highest BCUT2D eigenvalue weighted by Gasteiger charge is 2.46. The van der Waals surface area contributed by atoms with Crippen LogP contribution in [0, 0.1) is 6.92 Å². The van der Waals surface area contributed by atoms with Crippen LogP contribution in [0.3, 0.4) is 0 Å². The molecule has 8 nitrogen and oxygen atoms in total. The van der Waals surface area contributed by atoms with Gasteiger partial charge in [-0.15, -0.1) is 0 Å². The molecule has 1 heterocycles. The molecule has 1 aliphatic rings. The van der Waals surface area contributed by atoms with E-state index in [1.807, 2.05) is 32.8 Å². The number of aliphatic hydroxyl groups is 1. The maximum absolute atomic E-state index is 13.3. The smallest absolute Gasteiger partial charge is 0.295 e. The molecule has 1 fully saturated rings. The first kappa shape index (κ1) is 27.1. The van der Waals surface area contributed by atoms with Gasteiger partial charge in [0.1, 0.15) is 11.5 Å². The summed E-state index contributed by atoms with van der Waals surface area (Å²) < 4.78 is 16.6. The minimum Gasteiger partial charge on any atom is -0.507 e. The fraction of sp³-hybridized carbons (Fsp3) is 0.429. The largest absolute Gasteiger partial charge is 0.507 e. The third-order valence-electron chi connectivity index (χ3n) is 6.18. The number of carbonyl (C=O) groups excluding carboxylic acids is 2. The number of amides is 1. The first-order valence-corrected chi connectivity index (χ1v) is 12.1. The third-order valence-corrected chi connectivity index (χ3v) is 6.18. The summed E-state index contributed by atoms with van der Waals surface area (Å²) in [5.74, 6) is 0.171. The zero-order valence-electron chi connectivity index (χ0n) is 22.0. The van der Waals surface area contributed by atoms with Gasteiger partial charge in [-0.2, -0.15) is 0 Å². The predicted octanol–water partition coefficient (Wildman–Crippen LogP) is 4.17. The van der Waals surface area contributed by atoms with Crippen LogP contribution in [-0.2, 0) is 9.59 Å². The molecule has 2 aromatic carbocycles. The minimum absolute atomic E-state index is 0.0544. The lowest BCUT2D eigenvalue weighted by Crippen LogP contribution is -2.32. The zero-order chi connectivity index (χ0) is 26.4. The molecule has 194 valence electrons. The Labute approximate surface area is 213 Å². The van der Waals surface area contributed by atoms with E-state index in [0.717, 1.165) is 18.5 Å². The number of likely N-dealkylation sites (tertiary alicyclic amines) is 1. The van der Waals surface area contributed by atoms with Crippen molar-refractivity contribution in [2.45, 2.75) is 32.7 Å². The van der Waals surface area contributed by atoms with Gasteiger partial charge in [-0.1, -0.05) is 13.0 Å². The molecule has 8 heteroatoms. The van der Waals surface area contributed by atoms with Crippen LogP contribution < -0.4 is 14.2 Å². The Morgan fingerprint density at radius 1 is 1.03 bits per heavy atom. The number of rotatable bonds is 11. The summed E-state index contributed by atoms with van der Waals surface area (Å²) in [5.41, 5.74) is 1.99. The fourth-order valence-electron chi connectivity index (χ4n) is 4.36. The maximum atomic E-state index is 13.3. The highest BCUT2D eigenvalue weighted by atomic mass is 16.5. The summed E-state index contributed by atoms with van der Waals surface area (Å²) >= 11 is 0. The van der Waals surface area contributed by atoms with Crippen LogP contribution in [-0.4, -0.2) is 74.6 Å². The van der Waals surface area contributed by atoms with Crippen molar-refractivity contribution in [1.82, 2.24) is 9.80 Å². The monoisotopic (exact) mass is 496 g/mol. The van der Waals surface area contributed by atoms with Gasteiger partial charge >= 0.3 is 0 Å². The number of benzene rings is 2. The summed E-state index contributed by atoms with van der Waals surface area (Å²) in [7, 11) is 6.98. The number of aliphatic hydroxyl groups excluding tert-OH is 1. The first-order valence-electron chi connectivity index (χ1n) is 12.1. The van der Waals surface area contributed by atoms with Crippen LogP contribution in [0.5, 0.6) is 17.2 Å². The van der Waals surface area contributed by atoms with Crippen LogP contribution in [0.4, 0.5) is 0 Å². The van der Waals surface area contributed by atoms with Crippen LogP contribution in [0.15, 0.2) is 42.0 Å². The van der Waals surface area contributed by atoms with E-state index >= 15 is 0 Å². The third kappa shape index (κ3) is 5.65. The molecule has 0 spiro atoms. The maximum Gasteiger partial charge on any atom is 0.295 e. The van der Waals surface area contributed by atoms with E-state index in [2.05, 4.69) is 0 Å². The van der Waals surface area contributed by atoms with E-state index in [0.29, 0.717) is 47.9 Å². The van der Waals surface area contributed by atoms with Crippen molar-refractivity contribution in [3.63, 3.8) is 0 Å². The molecule has 0 unspecified atom stereocenters. The Morgan fingerprint density at radius 2 is 1.72 bits per heavy atom. The molecule has 0 aliphatic carbocycles. The van der Waals surface area contributed by atoms with Crippen LogP contribution >= 0.6 is 0 Å². The van der Waals surface area contributed by atoms with E-state index in [1.54, 1.807) is 43.5 Å². The van der Waals surface area contributed by atoms with Crippen molar-refractivity contribution in [3.05, 3.63) is 58.7 Å². The molecular weight excluding hydrogens is 460 g/mol. The SMILES string of the molecule is CCCOc1ccc(C(O)=C2C(=O)C(=O)N(CCCN(C)C)[C@@H]2c2ccc(OC)c(OC)c2)cc1C. The van der Waals surface area contributed by atoms with E-state index in [1.165, 1.54) is 12.0 Å². The molecule has 1 N–H and O–H groups in total. The highest BCUT2D eigenvalue weighted by molar-refractivity contribution is 6.46. The van der Waals surface area contributed by atoms with Crippen LogP contribution in [0.25, 0.3) is 5.76 Å². The Morgan fingerprint density at radius 3 is 2.33 bits per heavy atom. The number of methoxy groups -OCH3 is 2. The number of hydrogen-bond donors (Lipinski definition) is 1. The molecule has 0 radical (unpaired) electrons. The number of nitrogens with zero attached hydrogens (tertiary/aromatic N) is 2. The predicted molar refractivity (Wildman–Crippen MR) is 139 cm³/mol. The van der Waals surface area contributed by atoms with Gasteiger partial charge in [-0.05, 0) is 81.9 Å². The Kier molecular flexibility index (Phi) is 8.98. The van der Waals surface area contributed by atoms with Crippen molar-refractivity contribution in [2.75, 3.05) is 48.0 Å². The molecule has 3 rings (SSSR count). The van der Waals surface area contributed by atoms with Gasteiger partial charge in [0.2, 0.25) is 0 Å². The second-order valence-electron chi connectivity index (χ2n) is 9.09. The summed E-state index contributed by atoms with van der Waals surface area (Å²) in [4.78, 5) is 30.0. The molecule has 0 saturated carbocycles. The number of carbonyl (C=O) groups is 2. The number of ether oxygens (including phenoxy) is 3. The summed E-state index contributed by atoms with van der Waals surface area (Å²) in [5, 5.41) is 11.4. The van der Waals surface area contributed by atoms with E-state index < -0.39 is 17.7 Å². The van der Waals surface area contributed by atoms with Crippen molar-refractivity contribution in [1.29, 1.82) is 0 Å². The van der Waals surface area contributed by atoms with Crippen molar-refractivity contribution in [2.24, 2.45) is 0 Å². The quantitative estimate of drug-likeness (QED) is 0.284. The van der Waals surface area contributed by atoms with E-state index in [9.17, 15) is 14.7 Å². The molecule has 36 heavy (non-hydrogen) atoms. The topological polar surface area (TPSA) is 88.5 Å². The molecule has 0 aromatic heterocycles. The Hall–Kier alpha value is -3.52. The van der Waals surface area contributed by atoms with Gasteiger partial charge in [-0.3, -0.25) is 9.59 Å². The number of aryl methyl sites for hydroxylation is 1. The van der Waals surface area contributed by atoms with Crippen molar-refractivity contribution >= 4 is 17.4 Å². The van der Waals surface area contributed by atoms with E-state index in [4.69, 9.17) is 14.2 Å². The summed E-state index contributed by atoms with van der Waals surface area (Å²) in [6.07, 6.45) is 1.55. The first-order chi connectivity index (χ1) is 17.2. The highest BCUT2D eigenvalue weighted by Crippen LogP contribution is 2.42. The van der Waals surface area contributed by atoms with Gasteiger partial charge in [0, 0.05) is 12.1 Å². The summed E-state index contributed by atoms with van der Waals surface area (Å²) in [6.45, 7) is 5.61. The number of ketones is 1. The lowest BCUT2D eigenvalue weighted by Gasteiger charge is -2.26. The average molecular weight is 497 g/mol.